The summed E-state index contributed by atoms with van der Waals surface area (Å²) in [6.07, 6.45) is 1.74. The van der Waals surface area contributed by atoms with E-state index >= 15 is 0 Å². The summed E-state index contributed by atoms with van der Waals surface area (Å²) in [6.45, 7) is 5.67. The Bertz CT molecular complexity index is 1300. The number of aryl methyl sites for hydroxylation is 1. The Morgan fingerprint density at radius 1 is 1.18 bits per heavy atom. The molecule has 0 N–H and O–H groups in total. The van der Waals surface area contributed by atoms with Crippen LogP contribution in [-0.2, 0) is 16.1 Å². The van der Waals surface area contributed by atoms with Gasteiger partial charge in [-0.15, -0.1) is 0 Å². The number of hydrogen-bond donors (Lipinski definition) is 0. The Balaban J connectivity index is 1.46. The summed E-state index contributed by atoms with van der Waals surface area (Å²) >= 11 is 1.07. The van der Waals surface area contributed by atoms with E-state index in [-0.39, 0.29) is 24.9 Å². The molecule has 0 atom stereocenters. The number of halogens is 1. The average molecular weight is 480 g/mol. The van der Waals surface area contributed by atoms with Crippen LogP contribution < -0.4 is 9.75 Å². The van der Waals surface area contributed by atoms with E-state index in [1.165, 1.54) is 17.1 Å². The average Bonchev–Trinajstić information content (AvgIpc) is 3.33. The van der Waals surface area contributed by atoms with Gasteiger partial charge in [-0.2, -0.15) is 10.1 Å². The molecular formula is C25H22FN3O4S. The number of thiazole rings is 1. The number of esters is 1. The van der Waals surface area contributed by atoms with Crippen molar-refractivity contribution in [1.29, 1.82) is 0 Å². The van der Waals surface area contributed by atoms with Gasteiger partial charge in [-0.3, -0.25) is 4.79 Å². The maximum atomic E-state index is 13.3. The maximum Gasteiger partial charge on any atom is 0.350 e. The van der Waals surface area contributed by atoms with E-state index in [1.807, 2.05) is 12.1 Å². The van der Waals surface area contributed by atoms with Crippen molar-refractivity contribution in [2.75, 3.05) is 11.6 Å². The second-order valence-electron chi connectivity index (χ2n) is 7.48. The molecule has 4 rings (SSSR count). The van der Waals surface area contributed by atoms with Gasteiger partial charge in [0.05, 0.1) is 23.6 Å². The number of nitrogens with zero attached hydrogens (tertiary/aromatic N) is 3. The molecule has 174 valence electrons. The molecule has 1 amide bonds. The quantitative estimate of drug-likeness (QED) is 0.346. The third kappa shape index (κ3) is 5.04. The monoisotopic (exact) mass is 479 g/mol. The third-order valence-corrected chi connectivity index (χ3v) is 6.09. The maximum absolute atomic E-state index is 13.3. The predicted octanol–water partition coefficient (Wildman–Crippen LogP) is 5.15. The van der Waals surface area contributed by atoms with Crippen LogP contribution in [0.2, 0.25) is 0 Å². The van der Waals surface area contributed by atoms with Crippen molar-refractivity contribution < 1.29 is 23.5 Å². The van der Waals surface area contributed by atoms with Crippen molar-refractivity contribution in [3.8, 4) is 5.75 Å². The van der Waals surface area contributed by atoms with Gasteiger partial charge < -0.3 is 9.47 Å². The van der Waals surface area contributed by atoms with Crippen LogP contribution in [0.25, 0.3) is 6.08 Å². The molecule has 3 aromatic rings. The van der Waals surface area contributed by atoms with E-state index in [0.29, 0.717) is 32.7 Å². The Hall–Kier alpha value is -3.85. The van der Waals surface area contributed by atoms with Crippen molar-refractivity contribution in [2.24, 2.45) is 5.10 Å². The van der Waals surface area contributed by atoms with Crippen molar-refractivity contribution in [3.63, 3.8) is 0 Å². The van der Waals surface area contributed by atoms with Crippen LogP contribution in [0.1, 0.15) is 40.3 Å². The van der Waals surface area contributed by atoms with Crippen molar-refractivity contribution >= 4 is 40.1 Å². The SMILES string of the molecule is CCOC(=O)c1sc(N2N=C(C)C(=Cc3ccc(OCc4cccc(F)c4)cc3)C2=O)nc1C. The minimum Gasteiger partial charge on any atom is -0.489 e. The highest BCUT2D eigenvalue weighted by Crippen LogP contribution is 2.31. The molecule has 0 fully saturated rings. The summed E-state index contributed by atoms with van der Waals surface area (Å²) in [4.78, 5) is 29.8. The van der Waals surface area contributed by atoms with Crippen LogP contribution in [0.3, 0.4) is 0 Å². The van der Waals surface area contributed by atoms with Gasteiger partial charge in [-0.05, 0) is 62.2 Å². The molecule has 9 heteroatoms. The fraction of sp³-hybridized carbons (Fsp3) is 0.200. The number of amides is 1. The predicted molar refractivity (Wildman–Crippen MR) is 129 cm³/mol. The van der Waals surface area contributed by atoms with Gasteiger partial charge in [0.2, 0.25) is 5.13 Å². The first-order valence-corrected chi connectivity index (χ1v) is 11.4. The molecular weight excluding hydrogens is 457 g/mol. The van der Waals surface area contributed by atoms with Crippen molar-refractivity contribution in [2.45, 2.75) is 27.4 Å². The van der Waals surface area contributed by atoms with Crippen molar-refractivity contribution in [3.05, 3.63) is 81.6 Å². The highest BCUT2D eigenvalue weighted by molar-refractivity contribution is 7.17. The molecule has 0 saturated carbocycles. The van der Waals surface area contributed by atoms with E-state index < -0.39 is 5.97 Å². The first-order chi connectivity index (χ1) is 16.4. The summed E-state index contributed by atoms with van der Waals surface area (Å²) in [5, 5.41) is 5.86. The fourth-order valence-corrected chi connectivity index (χ4v) is 4.20. The molecule has 2 aromatic carbocycles. The number of hydrazone groups is 1. The third-order valence-electron chi connectivity index (χ3n) is 4.98. The van der Waals surface area contributed by atoms with E-state index in [4.69, 9.17) is 9.47 Å². The molecule has 0 saturated heterocycles. The Morgan fingerprint density at radius 3 is 2.65 bits per heavy atom. The van der Waals surface area contributed by atoms with Gasteiger partial charge in [-0.1, -0.05) is 35.6 Å². The number of ether oxygens (including phenoxy) is 2. The molecule has 1 aliphatic rings. The standard InChI is InChI=1S/C25H22FN3O4S/c1-4-32-24(31)22-16(3)27-25(34-22)29-23(30)21(15(2)28-29)13-17-8-10-20(11-9-17)33-14-18-6-5-7-19(26)12-18/h5-13H,4,14H2,1-3H3. The molecule has 0 unspecified atom stereocenters. The molecule has 34 heavy (non-hydrogen) atoms. The van der Waals surface area contributed by atoms with Gasteiger partial charge in [0.25, 0.3) is 5.91 Å². The van der Waals surface area contributed by atoms with Gasteiger partial charge in [0, 0.05) is 0 Å². The van der Waals surface area contributed by atoms with E-state index in [9.17, 15) is 14.0 Å². The molecule has 0 bridgehead atoms. The number of aromatic nitrogens is 1. The second-order valence-corrected chi connectivity index (χ2v) is 8.46. The zero-order chi connectivity index (χ0) is 24.2. The summed E-state index contributed by atoms with van der Waals surface area (Å²) < 4.78 is 24.1. The molecule has 0 aliphatic carbocycles. The van der Waals surface area contributed by atoms with Crippen molar-refractivity contribution in [1.82, 2.24) is 4.98 Å². The summed E-state index contributed by atoms with van der Waals surface area (Å²) in [5.74, 6) is -0.471. The Morgan fingerprint density at radius 2 is 1.94 bits per heavy atom. The number of anilines is 1. The fourth-order valence-electron chi connectivity index (χ4n) is 3.29. The lowest BCUT2D eigenvalue weighted by Crippen LogP contribution is -2.21. The number of carbonyl (C=O) groups is 2. The zero-order valence-electron chi connectivity index (χ0n) is 18.9. The lowest BCUT2D eigenvalue weighted by Gasteiger charge is -2.08. The summed E-state index contributed by atoms with van der Waals surface area (Å²) in [5.41, 5.74) is 2.99. The van der Waals surface area contributed by atoms with Gasteiger partial charge in [0.1, 0.15) is 23.1 Å². The highest BCUT2D eigenvalue weighted by atomic mass is 32.1. The van der Waals surface area contributed by atoms with E-state index in [0.717, 1.165) is 22.5 Å². The highest BCUT2D eigenvalue weighted by Gasteiger charge is 2.32. The van der Waals surface area contributed by atoms with Crippen LogP contribution in [-0.4, -0.2) is 29.2 Å². The number of benzene rings is 2. The minimum absolute atomic E-state index is 0.248. The number of rotatable bonds is 7. The molecule has 1 aliphatic heterocycles. The van der Waals surface area contributed by atoms with Crippen LogP contribution >= 0.6 is 11.3 Å². The van der Waals surface area contributed by atoms with Crippen LogP contribution in [0, 0.1) is 12.7 Å². The van der Waals surface area contributed by atoms with Crippen LogP contribution in [0.5, 0.6) is 5.75 Å². The van der Waals surface area contributed by atoms with Crippen LogP contribution in [0.4, 0.5) is 9.52 Å². The molecule has 2 heterocycles. The minimum atomic E-state index is -0.466. The van der Waals surface area contributed by atoms with E-state index in [1.54, 1.807) is 51.1 Å². The topological polar surface area (TPSA) is 81.1 Å². The Kier molecular flexibility index (Phi) is 6.83. The smallest absolute Gasteiger partial charge is 0.350 e. The largest absolute Gasteiger partial charge is 0.489 e. The lowest BCUT2D eigenvalue weighted by atomic mass is 10.1. The lowest BCUT2D eigenvalue weighted by molar-refractivity contribution is -0.114. The van der Waals surface area contributed by atoms with Gasteiger partial charge in [0.15, 0.2) is 0 Å². The molecule has 0 radical (unpaired) electrons. The second kappa shape index (κ2) is 9.96. The summed E-state index contributed by atoms with van der Waals surface area (Å²) in [7, 11) is 0. The number of hydrogen-bond acceptors (Lipinski definition) is 7. The molecule has 1 aromatic heterocycles. The number of carbonyl (C=O) groups excluding carboxylic acids is 2. The molecule has 0 spiro atoms. The first-order valence-electron chi connectivity index (χ1n) is 10.6. The van der Waals surface area contributed by atoms with E-state index in [2.05, 4.69) is 10.1 Å². The Labute approximate surface area is 200 Å². The zero-order valence-corrected chi connectivity index (χ0v) is 19.7. The molecule has 7 nitrogen and oxygen atoms in total. The van der Waals surface area contributed by atoms with Gasteiger partial charge in [-0.25, -0.2) is 14.2 Å². The normalized spacial score (nSPS) is 14.5. The first kappa shape index (κ1) is 23.3. The summed E-state index contributed by atoms with van der Waals surface area (Å²) in [6, 6.07) is 13.5. The van der Waals surface area contributed by atoms with Gasteiger partial charge >= 0.3 is 5.97 Å². The van der Waals surface area contributed by atoms with Crippen LogP contribution in [0.15, 0.2) is 59.2 Å².